The predicted molar refractivity (Wildman–Crippen MR) is 70.6 cm³/mol. The molecule has 1 aromatic rings. The van der Waals surface area contributed by atoms with Crippen LogP contribution in [0.15, 0.2) is 24.3 Å². The number of hydrogen-bond donors (Lipinski definition) is 1. The lowest BCUT2D eigenvalue weighted by molar-refractivity contribution is -0.360. The summed E-state index contributed by atoms with van der Waals surface area (Å²) in [5, 5.41) is -0.283. The second-order valence-corrected chi connectivity index (χ2v) is 5.67. The van der Waals surface area contributed by atoms with Gasteiger partial charge in [-0.3, -0.25) is 14.5 Å². The molecule has 0 aliphatic carbocycles. The SMILES string of the molecule is [NH3+]CCS[C@H]1CC(=O)N(Cc2ccc(F)cc2)C1=O. The van der Waals surface area contributed by atoms with E-state index < -0.39 is 0 Å². The van der Waals surface area contributed by atoms with E-state index in [2.05, 4.69) is 5.73 Å². The minimum absolute atomic E-state index is 0.146. The maximum atomic E-state index is 12.8. The van der Waals surface area contributed by atoms with Crippen LogP contribution < -0.4 is 5.73 Å². The molecule has 1 aliphatic heterocycles. The van der Waals surface area contributed by atoms with Crippen molar-refractivity contribution in [2.45, 2.75) is 18.2 Å². The lowest BCUT2D eigenvalue weighted by atomic mass is 10.2. The number of imide groups is 1. The largest absolute Gasteiger partial charge is 0.357 e. The van der Waals surface area contributed by atoms with E-state index in [0.717, 1.165) is 17.9 Å². The molecule has 6 heteroatoms. The van der Waals surface area contributed by atoms with Crippen molar-refractivity contribution in [2.24, 2.45) is 0 Å². The average Bonchev–Trinajstić information content (AvgIpc) is 2.66. The first-order chi connectivity index (χ1) is 9.11. The van der Waals surface area contributed by atoms with Gasteiger partial charge in [0, 0.05) is 12.2 Å². The number of hydrogen-bond acceptors (Lipinski definition) is 3. The molecule has 1 saturated heterocycles. The summed E-state index contributed by atoms with van der Waals surface area (Å²) in [6, 6.07) is 5.84. The van der Waals surface area contributed by atoms with Gasteiger partial charge in [-0.2, -0.15) is 0 Å². The van der Waals surface area contributed by atoms with Gasteiger partial charge in [0.2, 0.25) is 11.8 Å². The quantitative estimate of drug-likeness (QED) is 0.797. The number of likely N-dealkylation sites (tertiary alicyclic amines) is 1. The van der Waals surface area contributed by atoms with Crippen molar-refractivity contribution in [3.63, 3.8) is 0 Å². The van der Waals surface area contributed by atoms with Crippen LogP contribution in [-0.2, 0) is 16.1 Å². The van der Waals surface area contributed by atoms with Crippen LogP contribution in [0.5, 0.6) is 0 Å². The minimum Gasteiger partial charge on any atom is -0.357 e. The zero-order chi connectivity index (χ0) is 13.8. The van der Waals surface area contributed by atoms with Gasteiger partial charge in [0.1, 0.15) is 5.82 Å². The number of halogens is 1. The van der Waals surface area contributed by atoms with Gasteiger partial charge in [-0.1, -0.05) is 12.1 Å². The average molecular weight is 283 g/mol. The number of rotatable bonds is 5. The van der Waals surface area contributed by atoms with Crippen LogP contribution in [0.25, 0.3) is 0 Å². The van der Waals surface area contributed by atoms with Crippen molar-refractivity contribution in [2.75, 3.05) is 12.3 Å². The topological polar surface area (TPSA) is 65.0 Å². The van der Waals surface area contributed by atoms with Crippen molar-refractivity contribution < 1.29 is 19.7 Å². The first-order valence-electron chi connectivity index (χ1n) is 6.11. The van der Waals surface area contributed by atoms with Crippen molar-refractivity contribution in [3.8, 4) is 0 Å². The van der Waals surface area contributed by atoms with Crippen molar-refractivity contribution in [3.05, 3.63) is 35.6 Å². The number of quaternary nitrogens is 1. The Balaban J connectivity index is 2.02. The first-order valence-corrected chi connectivity index (χ1v) is 7.16. The second-order valence-electron chi connectivity index (χ2n) is 4.36. The third kappa shape index (κ3) is 3.33. The lowest BCUT2D eigenvalue weighted by Crippen LogP contribution is -2.51. The highest BCUT2D eigenvalue weighted by molar-refractivity contribution is 8.00. The number of carbonyl (C=O) groups is 2. The number of benzene rings is 1. The molecule has 19 heavy (non-hydrogen) atoms. The maximum Gasteiger partial charge on any atom is 0.243 e. The minimum atomic E-state index is -0.327. The summed E-state index contributed by atoms with van der Waals surface area (Å²) in [4.78, 5) is 25.2. The molecule has 0 bridgehead atoms. The summed E-state index contributed by atoms with van der Waals surface area (Å²) >= 11 is 1.48. The summed E-state index contributed by atoms with van der Waals surface area (Å²) in [5.74, 6) is 0.143. The normalized spacial score (nSPS) is 19.3. The van der Waals surface area contributed by atoms with Gasteiger partial charge in [-0.15, -0.1) is 11.8 Å². The molecule has 0 spiro atoms. The maximum absolute atomic E-state index is 12.8. The zero-order valence-corrected chi connectivity index (χ0v) is 11.3. The summed E-state index contributed by atoms with van der Waals surface area (Å²) in [6.45, 7) is 0.958. The van der Waals surface area contributed by atoms with E-state index in [1.165, 1.54) is 28.8 Å². The molecule has 2 amide bonds. The molecule has 0 unspecified atom stereocenters. The van der Waals surface area contributed by atoms with Crippen LogP contribution in [0.3, 0.4) is 0 Å². The lowest BCUT2D eigenvalue weighted by Gasteiger charge is -2.14. The van der Waals surface area contributed by atoms with E-state index in [4.69, 9.17) is 0 Å². The smallest absolute Gasteiger partial charge is 0.243 e. The molecule has 1 heterocycles. The van der Waals surface area contributed by atoms with Crippen LogP contribution in [0.2, 0.25) is 0 Å². The molecule has 3 N–H and O–H groups in total. The molecule has 102 valence electrons. The Kier molecular flexibility index (Phi) is 4.55. The summed E-state index contributed by atoms with van der Waals surface area (Å²) in [6.07, 6.45) is 0.255. The second kappa shape index (κ2) is 6.16. The Hall–Kier alpha value is -1.40. The Morgan fingerprint density at radius 1 is 1.32 bits per heavy atom. The van der Waals surface area contributed by atoms with Crippen LogP contribution in [0.1, 0.15) is 12.0 Å². The summed E-state index contributed by atoms with van der Waals surface area (Å²) in [7, 11) is 0. The van der Waals surface area contributed by atoms with E-state index in [0.29, 0.717) is 0 Å². The van der Waals surface area contributed by atoms with Crippen molar-refractivity contribution in [1.82, 2.24) is 4.90 Å². The molecule has 0 saturated carbocycles. The van der Waals surface area contributed by atoms with Crippen LogP contribution in [0, 0.1) is 5.82 Å². The molecule has 4 nitrogen and oxygen atoms in total. The summed E-state index contributed by atoms with van der Waals surface area (Å²) < 4.78 is 12.8. The fraction of sp³-hybridized carbons (Fsp3) is 0.385. The van der Waals surface area contributed by atoms with E-state index >= 15 is 0 Å². The Bertz CT molecular complexity index is 478. The van der Waals surface area contributed by atoms with Gasteiger partial charge in [0.15, 0.2) is 0 Å². The number of amides is 2. The molecule has 0 aromatic heterocycles. The molecule has 1 aliphatic rings. The van der Waals surface area contributed by atoms with Gasteiger partial charge in [0.05, 0.1) is 18.3 Å². The van der Waals surface area contributed by atoms with E-state index in [9.17, 15) is 14.0 Å². The number of thioether (sulfide) groups is 1. The van der Waals surface area contributed by atoms with Gasteiger partial charge >= 0.3 is 0 Å². The van der Waals surface area contributed by atoms with Crippen LogP contribution in [-0.4, -0.2) is 34.3 Å². The predicted octanol–water partition coefficient (Wildman–Crippen LogP) is 0.428. The Labute approximate surface area is 115 Å². The molecular formula is C13H16FN2O2S+. The Morgan fingerprint density at radius 3 is 2.63 bits per heavy atom. The number of carbonyl (C=O) groups excluding carboxylic acids is 2. The third-order valence-corrected chi connectivity index (χ3v) is 4.21. The third-order valence-electron chi connectivity index (χ3n) is 2.92. The van der Waals surface area contributed by atoms with Gasteiger partial charge in [-0.25, -0.2) is 4.39 Å². The standard InChI is InChI=1S/C13H15FN2O2S/c14-10-3-1-9(2-4-10)8-16-12(17)7-11(13(16)18)19-6-5-15/h1-4,11H,5-8,15H2/p+1/t11-/m0/s1. The highest BCUT2D eigenvalue weighted by atomic mass is 32.2. The van der Waals surface area contributed by atoms with Gasteiger partial charge in [-0.05, 0) is 17.7 Å². The first kappa shape index (κ1) is 14.0. The molecule has 1 atom stereocenters. The van der Waals surface area contributed by atoms with E-state index in [-0.39, 0.29) is 35.8 Å². The highest BCUT2D eigenvalue weighted by Crippen LogP contribution is 2.26. The zero-order valence-electron chi connectivity index (χ0n) is 10.5. The van der Waals surface area contributed by atoms with Gasteiger partial charge in [0.25, 0.3) is 0 Å². The molecule has 2 rings (SSSR count). The Morgan fingerprint density at radius 2 is 2.00 bits per heavy atom. The van der Waals surface area contributed by atoms with Crippen LogP contribution in [0.4, 0.5) is 4.39 Å². The number of nitrogens with zero attached hydrogens (tertiary/aromatic N) is 1. The molecule has 0 radical (unpaired) electrons. The van der Waals surface area contributed by atoms with Crippen molar-refractivity contribution >= 4 is 23.6 Å². The van der Waals surface area contributed by atoms with Gasteiger partial charge < -0.3 is 5.73 Å². The van der Waals surface area contributed by atoms with Crippen LogP contribution >= 0.6 is 11.8 Å². The molecule has 1 fully saturated rings. The fourth-order valence-electron chi connectivity index (χ4n) is 1.95. The van der Waals surface area contributed by atoms with Crippen molar-refractivity contribution in [1.29, 1.82) is 0 Å². The van der Waals surface area contributed by atoms with E-state index in [1.54, 1.807) is 12.1 Å². The molecule has 1 aromatic carbocycles. The fourth-order valence-corrected chi connectivity index (χ4v) is 2.93. The van der Waals surface area contributed by atoms with E-state index in [1.807, 2.05) is 0 Å². The monoisotopic (exact) mass is 283 g/mol. The highest BCUT2D eigenvalue weighted by Gasteiger charge is 2.38. The molecular weight excluding hydrogens is 267 g/mol. The summed E-state index contributed by atoms with van der Waals surface area (Å²) in [5.41, 5.74) is 4.48.